The molecule has 130 valence electrons. The molecule has 1 aliphatic heterocycles. The van der Waals surface area contributed by atoms with E-state index in [-0.39, 0.29) is 11.5 Å². The summed E-state index contributed by atoms with van der Waals surface area (Å²) < 4.78 is 0. The SMILES string of the molecule is CC1(N)CCCCC1C(=O)N1CCN(C2CC3CCC2C3)CC1. The molecular weight excluding hydrogens is 286 g/mol. The number of amides is 1. The van der Waals surface area contributed by atoms with Crippen LogP contribution < -0.4 is 5.73 Å². The summed E-state index contributed by atoms with van der Waals surface area (Å²) in [5.74, 6) is 2.34. The molecule has 3 saturated carbocycles. The minimum Gasteiger partial charge on any atom is -0.340 e. The minimum atomic E-state index is -0.295. The van der Waals surface area contributed by atoms with Crippen LogP contribution in [0.15, 0.2) is 0 Å². The molecule has 1 heterocycles. The third-order valence-corrected chi connectivity index (χ3v) is 7.35. The van der Waals surface area contributed by atoms with Crippen molar-refractivity contribution in [1.82, 2.24) is 9.80 Å². The third-order valence-electron chi connectivity index (χ3n) is 7.35. The van der Waals surface area contributed by atoms with Crippen LogP contribution in [0.2, 0.25) is 0 Å². The van der Waals surface area contributed by atoms with Crippen molar-refractivity contribution in [2.45, 2.75) is 69.9 Å². The number of carbonyl (C=O) groups excluding carboxylic acids is 1. The molecule has 0 radical (unpaired) electrons. The summed E-state index contributed by atoms with van der Waals surface area (Å²) in [5, 5.41) is 0. The quantitative estimate of drug-likeness (QED) is 0.849. The van der Waals surface area contributed by atoms with Gasteiger partial charge in [0, 0.05) is 37.8 Å². The number of nitrogens with zero attached hydrogens (tertiary/aromatic N) is 2. The Labute approximate surface area is 140 Å². The molecule has 0 aromatic heterocycles. The van der Waals surface area contributed by atoms with Gasteiger partial charge in [0.25, 0.3) is 0 Å². The monoisotopic (exact) mass is 319 g/mol. The lowest BCUT2D eigenvalue weighted by atomic mass is 9.74. The summed E-state index contributed by atoms with van der Waals surface area (Å²) in [7, 11) is 0. The Bertz CT molecular complexity index is 456. The summed E-state index contributed by atoms with van der Waals surface area (Å²) in [6.07, 6.45) is 10.1. The smallest absolute Gasteiger partial charge is 0.227 e. The number of piperazine rings is 1. The predicted octanol–water partition coefficient (Wildman–Crippen LogP) is 2.23. The fraction of sp³-hybridized carbons (Fsp3) is 0.947. The standard InChI is InChI=1S/C19H33N3O/c1-19(20)7-3-2-4-16(19)18(23)22-10-8-21(9-11-22)17-13-14-5-6-15(17)12-14/h14-17H,2-13,20H2,1H3. The van der Waals surface area contributed by atoms with Gasteiger partial charge < -0.3 is 10.6 Å². The van der Waals surface area contributed by atoms with Gasteiger partial charge in [-0.2, -0.15) is 0 Å². The van der Waals surface area contributed by atoms with Crippen LogP contribution in [0.4, 0.5) is 0 Å². The molecule has 3 aliphatic carbocycles. The average Bonchev–Trinajstić information content (AvgIpc) is 3.17. The second kappa shape index (κ2) is 6.03. The van der Waals surface area contributed by atoms with Crippen molar-refractivity contribution in [3.05, 3.63) is 0 Å². The zero-order valence-corrected chi connectivity index (χ0v) is 14.7. The summed E-state index contributed by atoms with van der Waals surface area (Å²) in [6, 6.07) is 0.820. The van der Waals surface area contributed by atoms with E-state index in [2.05, 4.69) is 16.7 Å². The first-order valence-electron chi connectivity index (χ1n) is 9.86. The van der Waals surface area contributed by atoms with Crippen LogP contribution in [0.3, 0.4) is 0 Å². The molecule has 0 aromatic carbocycles. The molecule has 4 nitrogen and oxygen atoms in total. The van der Waals surface area contributed by atoms with Gasteiger partial charge in [-0.15, -0.1) is 0 Å². The van der Waals surface area contributed by atoms with Crippen molar-refractivity contribution in [2.75, 3.05) is 26.2 Å². The van der Waals surface area contributed by atoms with E-state index in [0.717, 1.165) is 63.3 Å². The van der Waals surface area contributed by atoms with Crippen LogP contribution in [-0.4, -0.2) is 53.5 Å². The van der Waals surface area contributed by atoms with E-state index in [1.165, 1.54) is 32.1 Å². The number of carbonyl (C=O) groups is 1. The summed E-state index contributed by atoms with van der Waals surface area (Å²) in [6.45, 7) is 6.07. The number of nitrogens with two attached hydrogens (primary N) is 1. The van der Waals surface area contributed by atoms with Crippen LogP contribution in [0.1, 0.15) is 58.3 Å². The minimum absolute atomic E-state index is 0.0466. The highest BCUT2D eigenvalue weighted by Gasteiger charge is 2.44. The first-order chi connectivity index (χ1) is 11.0. The van der Waals surface area contributed by atoms with E-state index in [1.807, 2.05) is 0 Å². The van der Waals surface area contributed by atoms with Gasteiger partial charge in [-0.05, 0) is 50.9 Å². The molecule has 4 aliphatic rings. The number of hydrogen-bond donors (Lipinski definition) is 1. The maximum atomic E-state index is 13.0. The molecule has 1 saturated heterocycles. The second-order valence-electron chi connectivity index (χ2n) is 8.91. The Kier molecular flexibility index (Phi) is 4.17. The van der Waals surface area contributed by atoms with Crippen LogP contribution >= 0.6 is 0 Å². The van der Waals surface area contributed by atoms with Gasteiger partial charge in [0.05, 0.1) is 5.92 Å². The van der Waals surface area contributed by atoms with Crippen molar-refractivity contribution >= 4 is 5.91 Å². The second-order valence-corrected chi connectivity index (χ2v) is 8.91. The topological polar surface area (TPSA) is 49.6 Å². The lowest BCUT2D eigenvalue weighted by Gasteiger charge is -2.44. The van der Waals surface area contributed by atoms with Gasteiger partial charge in [0.2, 0.25) is 5.91 Å². The molecule has 5 atom stereocenters. The van der Waals surface area contributed by atoms with Gasteiger partial charge in [-0.25, -0.2) is 0 Å². The molecule has 2 bridgehead atoms. The van der Waals surface area contributed by atoms with E-state index < -0.39 is 0 Å². The molecular formula is C19H33N3O. The highest BCUT2D eigenvalue weighted by atomic mass is 16.2. The zero-order valence-electron chi connectivity index (χ0n) is 14.7. The highest BCUT2D eigenvalue weighted by Crippen LogP contribution is 2.46. The lowest BCUT2D eigenvalue weighted by Crippen LogP contribution is -2.58. The molecule has 2 N–H and O–H groups in total. The first kappa shape index (κ1) is 15.9. The van der Waals surface area contributed by atoms with Gasteiger partial charge in [0.1, 0.15) is 0 Å². The molecule has 0 aromatic rings. The van der Waals surface area contributed by atoms with E-state index in [4.69, 9.17) is 5.73 Å². The Morgan fingerprint density at radius 3 is 2.43 bits per heavy atom. The van der Waals surface area contributed by atoms with Crippen LogP contribution in [0, 0.1) is 17.8 Å². The highest BCUT2D eigenvalue weighted by molar-refractivity contribution is 5.80. The van der Waals surface area contributed by atoms with Crippen LogP contribution in [0.25, 0.3) is 0 Å². The Hall–Kier alpha value is -0.610. The number of fused-ring (bicyclic) bond motifs is 2. The van der Waals surface area contributed by atoms with Gasteiger partial charge >= 0.3 is 0 Å². The van der Waals surface area contributed by atoms with E-state index in [9.17, 15) is 4.79 Å². The molecule has 5 unspecified atom stereocenters. The zero-order chi connectivity index (χ0) is 16.0. The van der Waals surface area contributed by atoms with Crippen LogP contribution in [0.5, 0.6) is 0 Å². The van der Waals surface area contributed by atoms with E-state index in [1.54, 1.807) is 0 Å². The Morgan fingerprint density at radius 2 is 1.83 bits per heavy atom. The molecule has 4 rings (SSSR count). The van der Waals surface area contributed by atoms with Crippen LogP contribution in [-0.2, 0) is 4.79 Å². The van der Waals surface area contributed by atoms with E-state index in [0.29, 0.717) is 5.91 Å². The summed E-state index contributed by atoms with van der Waals surface area (Å²) >= 11 is 0. The van der Waals surface area contributed by atoms with Gasteiger partial charge in [-0.1, -0.05) is 19.3 Å². The molecule has 0 spiro atoms. The lowest BCUT2D eigenvalue weighted by molar-refractivity contribution is -0.141. The number of hydrogen-bond acceptors (Lipinski definition) is 3. The average molecular weight is 319 g/mol. The van der Waals surface area contributed by atoms with Crippen molar-refractivity contribution in [1.29, 1.82) is 0 Å². The van der Waals surface area contributed by atoms with E-state index >= 15 is 0 Å². The fourth-order valence-corrected chi connectivity index (χ4v) is 5.92. The summed E-state index contributed by atoms with van der Waals surface area (Å²) in [4.78, 5) is 17.8. The molecule has 23 heavy (non-hydrogen) atoms. The normalized spacial score (nSPS) is 44.7. The maximum Gasteiger partial charge on any atom is 0.227 e. The molecule has 4 heteroatoms. The van der Waals surface area contributed by atoms with Gasteiger partial charge in [-0.3, -0.25) is 9.69 Å². The largest absolute Gasteiger partial charge is 0.340 e. The number of rotatable bonds is 2. The maximum absolute atomic E-state index is 13.0. The Morgan fingerprint density at radius 1 is 1.04 bits per heavy atom. The van der Waals surface area contributed by atoms with Crippen molar-refractivity contribution in [2.24, 2.45) is 23.5 Å². The van der Waals surface area contributed by atoms with Gasteiger partial charge in [0.15, 0.2) is 0 Å². The van der Waals surface area contributed by atoms with Crippen molar-refractivity contribution in [3.8, 4) is 0 Å². The third kappa shape index (κ3) is 2.93. The first-order valence-corrected chi connectivity index (χ1v) is 9.86. The van der Waals surface area contributed by atoms with Crippen molar-refractivity contribution < 1.29 is 4.79 Å². The molecule has 4 fully saturated rings. The molecule has 1 amide bonds. The summed E-state index contributed by atoms with van der Waals surface area (Å²) in [5.41, 5.74) is 6.15. The predicted molar refractivity (Wildman–Crippen MR) is 91.9 cm³/mol. The fourth-order valence-electron chi connectivity index (χ4n) is 5.92. The Balaban J connectivity index is 1.33. The van der Waals surface area contributed by atoms with Crippen molar-refractivity contribution in [3.63, 3.8) is 0 Å².